The number of amides is 1. The lowest BCUT2D eigenvalue weighted by Gasteiger charge is -2.31. The number of primary amides is 1. The fourth-order valence-corrected chi connectivity index (χ4v) is 1.81. The minimum atomic E-state index is -4.40. The molecule has 1 aromatic carbocycles. The van der Waals surface area contributed by atoms with E-state index in [0.717, 1.165) is 0 Å². The van der Waals surface area contributed by atoms with E-state index in [1.807, 2.05) is 0 Å². The van der Waals surface area contributed by atoms with Gasteiger partial charge in [0.25, 0.3) is 0 Å². The second kappa shape index (κ2) is 5.39. The van der Waals surface area contributed by atoms with Gasteiger partial charge >= 0.3 is 6.18 Å². The molecular formula is C12H15F3N2O. The third-order valence-electron chi connectivity index (χ3n) is 2.81. The molecule has 3 nitrogen and oxygen atoms in total. The summed E-state index contributed by atoms with van der Waals surface area (Å²) in [6.45, 7) is 0.347. The van der Waals surface area contributed by atoms with Gasteiger partial charge in [0, 0.05) is 0 Å². The van der Waals surface area contributed by atoms with E-state index in [9.17, 15) is 18.0 Å². The molecule has 18 heavy (non-hydrogen) atoms. The Bertz CT molecular complexity index is 406. The maximum atomic E-state index is 12.3. The van der Waals surface area contributed by atoms with Gasteiger partial charge in [-0.2, -0.15) is 13.2 Å². The Balaban J connectivity index is 3.07. The van der Waals surface area contributed by atoms with E-state index >= 15 is 0 Å². The van der Waals surface area contributed by atoms with Gasteiger partial charge < -0.3 is 5.73 Å². The van der Waals surface area contributed by atoms with Crippen LogP contribution in [-0.4, -0.2) is 18.6 Å². The molecule has 0 fully saturated rings. The molecule has 1 aromatic rings. The van der Waals surface area contributed by atoms with Crippen LogP contribution in [0.2, 0.25) is 0 Å². The molecule has 100 valence electrons. The smallest absolute Gasteiger partial charge is 0.368 e. The lowest BCUT2D eigenvalue weighted by atomic mass is 9.86. The fourth-order valence-electron chi connectivity index (χ4n) is 1.81. The first-order valence-electron chi connectivity index (χ1n) is 5.49. The molecule has 0 radical (unpaired) electrons. The Kier molecular flexibility index (Phi) is 4.34. The Hall–Kier alpha value is -1.56. The predicted molar refractivity (Wildman–Crippen MR) is 61.7 cm³/mol. The summed E-state index contributed by atoms with van der Waals surface area (Å²) in [5.41, 5.74) is 4.22. The monoisotopic (exact) mass is 260 g/mol. The van der Waals surface area contributed by atoms with E-state index in [-0.39, 0.29) is 6.42 Å². The van der Waals surface area contributed by atoms with E-state index in [1.165, 1.54) is 0 Å². The van der Waals surface area contributed by atoms with Gasteiger partial charge in [0.2, 0.25) is 5.91 Å². The summed E-state index contributed by atoms with van der Waals surface area (Å²) < 4.78 is 36.9. The number of benzene rings is 1. The SMILES string of the molecule is CCC(NCC(F)(F)F)(C(N)=O)c1ccccc1. The molecule has 1 atom stereocenters. The van der Waals surface area contributed by atoms with Crippen LogP contribution in [0.4, 0.5) is 13.2 Å². The van der Waals surface area contributed by atoms with Gasteiger partial charge in [-0.1, -0.05) is 37.3 Å². The first kappa shape index (κ1) is 14.5. The normalized spacial score (nSPS) is 15.1. The van der Waals surface area contributed by atoms with E-state index < -0.39 is 24.2 Å². The van der Waals surface area contributed by atoms with Crippen LogP contribution in [0.3, 0.4) is 0 Å². The second-order valence-corrected chi connectivity index (χ2v) is 3.96. The first-order chi connectivity index (χ1) is 8.32. The summed E-state index contributed by atoms with van der Waals surface area (Å²) in [5, 5.41) is 2.24. The van der Waals surface area contributed by atoms with E-state index in [2.05, 4.69) is 5.32 Å². The highest BCUT2D eigenvalue weighted by molar-refractivity contribution is 5.86. The molecule has 0 heterocycles. The number of nitrogens with two attached hydrogens (primary N) is 1. The van der Waals surface area contributed by atoms with Crippen LogP contribution in [0.1, 0.15) is 18.9 Å². The number of halogens is 3. The van der Waals surface area contributed by atoms with Crippen molar-refractivity contribution < 1.29 is 18.0 Å². The molecular weight excluding hydrogens is 245 g/mol. The lowest BCUT2D eigenvalue weighted by Crippen LogP contribution is -2.54. The lowest BCUT2D eigenvalue weighted by molar-refractivity contribution is -0.136. The van der Waals surface area contributed by atoms with Gasteiger partial charge in [0.15, 0.2) is 0 Å². The maximum Gasteiger partial charge on any atom is 0.401 e. The molecule has 0 saturated carbocycles. The van der Waals surface area contributed by atoms with Gasteiger partial charge in [-0.15, -0.1) is 0 Å². The predicted octanol–water partition coefficient (Wildman–Crippen LogP) is 1.93. The summed E-state index contributed by atoms with van der Waals surface area (Å²) in [6.07, 6.45) is -4.26. The van der Waals surface area contributed by atoms with Gasteiger partial charge in [0.05, 0.1) is 6.54 Å². The van der Waals surface area contributed by atoms with E-state index in [4.69, 9.17) is 5.73 Å². The highest BCUT2D eigenvalue weighted by atomic mass is 19.4. The minimum Gasteiger partial charge on any atom is -0.368 e. The average molecular weight is 260 g/mol. The van der Waals surface area contributed by atoms with Crippen LogP contribution in [0, 0.1) is 0 Å². The third-order valence-corrected chi connectivity index (χ3v) is 2.81. The zero-order valence-electron chi connectivity index (χ0n) is 9.92. The zero-order valence-corrected chi connectivity index (χ0v) is 9.92. The van der Waals surface area contributed by atoms with Gasteiger partial charge in [0.1, 0.15) is 5.54 Å². The summed E-state index contributed by atoms with van der Waals surface area (Å²) in [7, 11) is 0. The molecule has 0 aliphatic rings. The highest BCUT2D eigenvalue weighted by Gasteiger charge is 2.40. The van der Waals surface area contributed by atoms with Gasteiger partial charge in [-0.3, -0.25) is 10.1 Å². The fraction of sp³-hybridized carbons (Fsp3) is 0.417. The summed E-state index contributed by atoms with van der Waals surface area (Å²) in [6, 6.07) is 8.18. The van der Waals surface area contributed by atoms with Crippen LogP contribution in [0.15, 0.2) is 30.3 Å². The number of hydrogen-bond acceptors (Lipinski definition) is 2. The molecule has 0 bridgehead atoms. The van der Waals surface area contributed by atoms with E-state index in [1.54, 1.807) is 37.3 Å². The Morgan fingerprint density at radius 1 is 1.28 bits per heavy atom. The molecule has 6 heteroatoms. The molecule has 0 spiro atoms. The molecule has 0 saturated heterocycles. The topological polar surface area (TPSA) is 55.1 Å². The summed E-state index contributed by atoms with van der Waals surface area (Å²) in [4.78, 5) is 11.6. The number of carbonyl (C=O) groups excluding carboxylic acids is 1. The van der Waals surface area contributed by atoms with Crippen molar-refractivity contribution >= 4 is 5.91 Å². The van der Waals surface area contributed by atoms with Crippen LogP contribution in [0.25, 0.3) is 0 Å². The standard InChI is InChI=1S/C12H15F3N2O/c1-2-11(10(16)18,17-8-12(13,14)15)9-6-4-3-5-7-9/h3-7,17H,2,8H2,1H3,(H2,16,18). The van der Waals surface area contributed by atoms with Crippen LogP contribution < -0.4 is 11.1 Å². The van der Waals surface area contributed by atoms with Crippen molar-refractivity contribution in [3.63, 3.8) is 0 Å². The van der Waals surface area contributed by atoms with E-state index in [0.29, 0.717) is 5.56 Å². The number of hydrogen-bond donors (Lipinski definition) is 2. The average Bonchev–Trinajstić information content (AvgIpc) is 2.30. The summed E-state index contributed by atoms with van der Waals surface area (Å²) >= 11 is 0. The van der Waals surface area contributed by atoms with Crippen LogP contribution in [0.5, 0.6) is 0 Å². The molecule has 0 aromatic heterocycles. The van der Waals surface area contributed by atoms with Crippen molar-refractivity contribution in [2.24, 2.45) is 5.73 Å². The van der Waals surface area contributed by atoms with Crippen molar-refractivity contribution in [1.29, 1.82) is 0 Å². The second-order valence-electron chi connectivity index (χ2n) is 3.96. The zero-order chi connectivity index (χ0) is 13.8. The van der Waals surface area contributed by atoms with Crippen LogP contribution >= 0.6 is 0 Å². The van der Waals surface area contributed by atoms with Crippen molar-refractivity contribution in [1.82, 2.24) is 5.32 Å². The number of alkyl halides is 3. The number of rotatable bonds is 5. The quantitative estimate of drug-likeness (QED) is 0.850. The molecule has 0 aliphatic heterocycles. The van der Waals surface area contributed by atoms with Crippen molar-refractivity contribution in [2.75, 3.05) is 6.54 Å². The number of carbonyl (C=O) groups is 1. The third kappa shape index (κ3) is 3.22. The van der Waals surface area contributed by atoms with Gasteiger partial charge in [-0.05, 0) is 12.0 Å². The molecule has 3 N–H and O–H groups in total. The molecule has 1 rings (SSSR count). The van der Waals surface area contributed by atoms with Crippen molar-refractivity contribution in [3.8, 4) is 0 Å². The minimum absolute atomic E-state index is 0.141. The Morgan fingerprint density at radius 3 is 2.22 bits per heavy atom. The largest absolute Gasteiger partial charge is 0.401 e. The number of nitrogens with one attached hydrogen (secondary N) is 1. The van der Waals surface area contributed by atoms with Crippen molar-refractivity contribution in [3.05, 3.63) is 35.9 Å². The van der Waals surface area contributed by atoms with Gasteiger partial charge in [-0.25, -0.2) is 0 Å². The molecule has 0 aliphatic carbocycles. The maximum absolute atomic E-state index is 12.3. The van der Waals surface area contributed by atoms with Crippen LogP contribution in [-0.2, 0) is 10.3 Å². The Labute approximate surface area is 103 Å². The highest BCUT2D eigenvalue weighted by Crippen LogP contribution is 2.26. The Morgan fingerprint density at radius 2 is 1.83 bits per heavy atom. The van der Waals surface area contributed by atoms with Crippen molar-refractivity contribution in [2.45, 2.75) is 25.1 Å². The molecule has 1 unspecified atom stereocenters. The molecule has 1 amide bonds. The first-order valence-corrected chi connectivity index (χ1v) is 5.49. The summed E-state index contributed by atoms with van der Waals surface area (Å²) in [5.74, 6) is -0.819.